The molecule has 0 spiro atoms. The molecule has 0 aliphatic carbocycles. The van der Waals surface area contributed by atoms with Crippen molar-refractivity contribution in [3.63, 3.8) is 0 Å². The summed E-state index contributed by atoms with van der Waals surface area (Å²) in [5.74, 6) is 0. The minimum Gasteiger partial charge on any atom is -0.172 e. The number of aromatic nitrogens is 2. The monoisotopic (exact) mass is 197 g/mol. The lowest BCUT2D eigenvalue weighted by Gasteiger charge is -1.94. The lowest BCUT2D eigenvalue weighted by molar-refractivity contribution is 0.401. The van der Waals surface area contributed by atoms with Gasteiger partial charge >= 0.3 is 10.3 Å². The predicted octanol–water partition coefficient (Wildman–Crippen LogP) is 0.560. The molecule has 0 aliphatic heterocycles. The summed E-state index contributed by atoms with van der Waals surface area (Å²) in [4.78, 5) is 0. The first-order chi connectivity index (χ1) is 6.09. The Labute approximate surface area is 74.5 Å². The molecule has 0 saturated heterocycles. The molecule has 2 rings (SSSR count). The zero-order chi connectivity index (χ0) is 9.47. The van der Waals surface area contributed by atoms with Gasteiger partial charge in [0.1, 0.15) is 0 Å². The van der Waals surface area contributed by atoms with Crippen molar-refractivity contribution in [1.29, 1.82) is 0 Å². The molecule has 1 radical (unpaired) electrons. The topological polar surface area (TPSA) is 71.9 Å². The number of rotatable bonds is 1. The fourth-order valence-corrected chi connectivity index (χ4v) is 1.70. The highest BCUT2D eigenvalue weighted by Crippen LogP contribution is 2.13. The van der Waals surface area contributed by atoms with Crippen LogP contribution in [0.15, 0.2) is 30.5 Å². The van der Waals surface area contributed by atoms with Gasteiger partial charge in [-0.15, -0.1) is 4.09 Å². The Morgan fingerprint density at radius 3 is 2.62 bits per heavy atom. The second-order valence-corrected chi connectivity index (χ2v) is 3.71. The van der Waals surface area contributed by atoms with Crippen molar-refractivity contribution in [1.82, 2.24) is 9.19 Å². The number of hydrogen-bond acceptors (Lipinski definition) is 3. The van der Waals surface area contributed by atoms with Gasteiger partial charge in [0.25, 0.3) is 0 Å². The van der Waals surface area contributed by atoms with Crippen LogP contribution in [0.2, 0.25) is 0 Å². The largest absolute Gasteiger partial charge is 0.409 e. The third-order valence-corrected chi connectivity index (χ3v) is 2.37. The van der Waals surface area contributed by atoms with Crippen molar-refractivity contribution < 1.29 is 13.0 Å². The SMILES string of the molecule is [O]S(=O)(=O)n1ncc2ccccc21. The van der Waals surface area contributed by atoms with Gasteiger partial charge in [0.2, 0.25) is 0 Å². The quantitative estimate of drug-likeness (QED) is 0.670. The first-order valence-corrected chi connectivity index (χ1v) is 4.85. The van der Waals surface area contributed by atoms with Gasteiger partial charge in [0.05, 0.1) is 11.7 Å². The first-order valence-electron chi connectivity index (χ1n) is 3.48. The maximum atomic E-state index is 10.7. The Bertz CT molecular complexity index is 544. The van der Waals surface area contributed by atoms with Crippen LogP contribution in [-0.2, 0) is 14.9 Å². The van der Waals surface area contributed by atoms with E-state index < -0.39 is 10.3 Å². The number of fused-ring (bicyclic) bond motifs is 1. The summed E-state index contributed by atoms with van der Waals surface area (Å²) in [5.41, 5.74) is 0.303. The molecule has 0 fully saturated rings. The van der Waals surface area contributed by atoms with E-state index in [9.17, 15) is 13.0 Å². The van der Waals surface area contributed by atoms with E-state index in [0.717, 1.165) is 0 Å². The molecule has 5 nitrogen and oxygen atoms in total. The van der Waals surface area contributed by atoms with E-state index in [2.05, 4.69) is 5.10 Å². The zero-order valence-corrected chi connectivity index (χ0v) is 7.23. The minimum absolute atomic E-state index is 0.303. The number of hydrogen-bond donors (Lipinski definition) is 0. The maximum Gasteiger partial charge on any atom is 0.409 e. The van der Waals surface area contributed by atoms with Crippen LogP contribution >= 0.6 is 0 Å². The zero-order valence-electron chi connectivity index (χ0n) is 6.41. The molecule has 0 N–H and O–H groups in total. The summed E-state index contributed by atoms with van der Waals surface area (Å²) < 4.78 is 32.4. The van der Waals surface area contributed by atoms with E-state index in [0.29, 0.717) is 15.0 Å². The third kappa shape index (κ3) is 1.30. The van der Waals surface area contributed by atoms with Gasteiger partial charge < -0.3 is 0 Å². The van der Waals surface area contributed by atoms with Gasteiger partial charge in [-0.3, -0.25) is 0 Å². The van der Waals surface area contributed by atoms with E-state index in [-0.39, 0.29) is 0 Å². The molecule has 0 unspecified atom stereocenters. The summed E-state index contributed by atoms with van der Waals surface area (Å²) in [5, 5.41) is 4.11. The van der Waals surface area contributed by atoms with Crippen LogP contribution < -0.4 is 0 Å². The maximum absolute atomic E-state index is 10.7. The van der Waals surface area contributed by atoms with Crippen LogP contribution in [-0.4, -0.2) is 17.6 Å². The van der Waals surface area contributed by atoms with Crippen LogP contribution in [0.1, 0.15) is 0 Å². The van der Waals surface area contributed by atoms with E-state index >= 15 is 0 Å². The highest BCUT2D eigenvalue weighted by molar-refractivity contribution is 7.84. The summed E-state index contributed by atoms with van der Waals surface area (Å²) in [7, 11) is -4.53. The second kappa shape index (κ2) is 2.54. The van der Waals surface area contributed by atoms with Crippen LogP contribution in [0.4, 0.5) is 0 Å². The Morgan fingerprint density at radius 1 is 1.23 bits per heavy atom. The second-order valence-electron chi connectivity index (χ2n) is 2.50. The fraction of sp³-hybridized carbons (Fsp3) is 0. The van der Waals surface area contributed by atoms with Crippen LogP contribution in [0.5, 0.6) is 0 Å². The van der Waals surface area contributed by atoms with Gasteiger partial charge in [-0.1, -0.05) is 22.8 Å². The number of para-hydroxylation sites is 1. The average Bonchev–Trinajstić information content (AvgIpc) is 2.45. The van der Waals surface area contributed by atoms with Crippen LogP contribution in [0.25, 0.3) is 10.9 Å². The van der Waals surface area contributed by atoms with E-state index in [4.69, 9.17) is 0 Å². The number of benzene rings is 1. The Balaban J connectivity index is 2.87. The molecule has 0 aliphatic rings. The predicted molar refractivity (Wildman–Crippen MR) is 44.7 cm³/mol. The molecular weight excluding hydrogens is 192 g/mol. The molecule has 6 heteroatoms. The van der Waals surface area contributed by atoms with Crippen molar-refractivity contribution in [3.05, 3.63) is 30.5 Å². The van der Waals surface area contributed by atoms with Crippen molar-refractivity contribution in [2.24, 2.45) is 0 Å². The molecule has 67 valence electrons. The van der Waals surface area contributed by atoms with Gasteiger partial charge in [0, 0.05) is 5.39 Å². The van der Waals surface area contributed by atoms with Gasteiger partial charge in [0.15, 0.2) is 0 Å². The van der Waals surface area contributed by atoms with E-state index in [1.54, 1.807) is 18.2 Å². The molecule has 0 saturated carbocycles. The number of nitrogens with zero attached hydrogens (tertiary/aromatic N) is 2. The van der Waals surface area contributed by atoms with Gasteiger partial charge in [-0.05, 0) is 6.07 Å². The van der Waals surface area contributed by atoms with Crippen molar-refractivity contribution in [3.8, 4) is 0 Å². The molecule has 1 aromatic heterocycles. The van der Waals surface area contributed by atoms with Gasteiger partial charge in [-0.2, -0.15) is 13.5 Å². The van der Waals surface area contributed by atoms with Crippen molar-refractivity contribution in [2.75, 3.05) is 0 Å². The molecule has 0 amide bonds. The molecule has 1 heterocycles. The summed E-state index contributed by atoms with van der Waals surface area (Å²) in [6.45, 7) is 0. The average molecular weight is 197 g/mol. The minimum atomic E-state index is -4.53. The lowest BCUT2D eigenvalue weighted by Crippen LogP contribution is -2.10. The normalized spacial score (nSPS) is 12.1. The molecule has 13 heavy (non-hydrogen) atoms. The molecule has 2 aromatic rings. The molecular formula is C7H5N2O3S. The highest BCUT2D eigenvalue weighted by Gasteiger charge is 2.13. The fourth-order valence-electron chi connectivity index (χ4n) is 1.13. The van der Waals surface area contributed by atoms with E-state index in [1.165, 1.54) is 12.3 Å². The van der Waals surface area contributed by atoms with Crippen molar-refractivity contribution in [2.45, 2.75) is 0 Å². The smallest absolute Gasteiger partial charge is 0.172 e. The Morgan fingerprint density at radius 2 is 1.92 bits per heavy atom. The Hall–Kier alpha value is -1.40. The summed E-state index contributed by atoms with van der Waals surface area (Å²) >= 11 is 0. The molecule has 0 atom stereocenters. The third-order valence-electron chi connectivity index (χ3n) is 1.66. The standard InChI is InChI=1S/C7H5N2O3S/c10-13(11,12)9-7-4-2-1-3-6(7)5-8-9/h1-5H. The first kappa shape index (κ1) is 8.21. The Kier molecular flexibility index (Phi) is 1.61. The summed E-state index contributed by atoms with van der Waals surface area (Å²) in [6, 6.07) is 6.60. The highest BCUT2D eigenvalue weighted by atomic mass is 32.2. The van der Waals surface area contributed by atoms with E-state index in [1.807, 2.05) is 0 Å². The summed E-state index contributed by atoms with van der Waals surface area (Å²) in [6.07, 6.45) is 1.34. The van der Waals surface area contributed by atoms with Gasteiger partial charge in [-0.25, -0.2) is 0 Å². The van der Waals surface area contributed by atoms with Crippen LogP contribution in [0, 0.1) is 0 Å². The molecule has 1 aromatic carbocycles. The molecule has 0 bridgehead atoms. The van der Waals surface area contributed by atoms with Crippen molar-refractivity contribution >= 4 is 21.2 Å². The lowest BCUT2D eigenvalue weighted by atomic mass is 10.3. The van der Waals surface area contributed by atoms with Crippen LogP contribution in [0.3, 0.4) is 0 Å².